The summed E-state index contributed by atoms with van der Waals surface area (Å²) in [5, 5.41) is 10.3. The standard InChI is InChI=1S/C12H10BrClO3S2/c1-19(16,17)8-4-2-3-7(5-8)11(15)10-6-9(13)12(14)18-10/h2-6,11,15H,1H3. The largest absolute Gasteiger partial charge is 0.383 e. The van der Waals surface area contributed by atoms with Crippen LogP contribution in [0.5, 0.6) is 0 Å². The molecule has 0 saturated heterocycles. The first-order valence-corrected chi connectivity index (χ1v) is 9.10. The molecule has 1 aromatic carbocycles. The van der Waals surface area contributed by atoms with Crippen molar-refractivity contribution in [3.63, 3.8) is 0 Å². The minimum atomic E-state index is -3.29. The molecule has 102 valence electrons. The van der Waals surface area contributed by atoms with Crippen molar-refractivity contribution in [2.45, 2.75) is 11.0 Å². The van der Waals surface area contributed by atoms with Crippen LogP contribution < -0.4 is 0 Å². The quantitative estimate of drug-likeness (QED) is 0.883. The predicted molar refractivity (Wildman–Crippen MR) is 80.6 cm³/mol. The summed E-state index contributed by atoms with van der Waals surface area (Å²) in [5.41, 5.74) is 0.522. The highest BCUT2D eigenvalue weighted by molar-refractivity contribution is 9.10. The first kappa shape index (κ1) is 15.0. The Labute approximate surface area is 128 Å². The molecule has 0 aliphatic carbocycles. The lowest BCUT2D eigenvalue weighted by molar-refractivity contribution is 0.224. The number of aliphatic hydroxyl groups excluding tert-OH is 1. The topological polar surface area (TPSA) is 54.4 Å². The number of hydrogen-bond acceptors (Lipinski definition) is 4. The number of halogens is 2. The Morgan fingerprint density at radius 2 is 2.05 bits per heavy atom. The molecule has 0 saturated carbocycles. The molecule has 0 fully saturated rings. The highest BCUT2D eigenvalue weighted by Crippen LogP contribution is 2.37. The molecule has 0 bridgehead atoms. The normalized spacial score (nSPS) is 13.5. The molecular weight excluding hydrogens is 372 g/mol. The van der Waals surface area contributed by atoms with Gasteiger partial charge in [-0.2, -0.15) is 0 Å². The van der Waals surface area contributed by atoms with Crippen LogP contribution in [-0.4, -0.2) is 19.8 Å². The van der Waals surface area contributed by atoms with E-state index in [4.69, 9.17) is 11.6 Å². The fourth-order valence-electron chi connectivity index (χ4n) is 1.58. The molecule has 0 spiro atoms. The van der Waals surface area contributed by atoms with E-state index in [-0.39, 0.29) is 4.90 Å². The zero-order valence-corrected chi connectivity index (χ0v) is 13.8. The summed E-state index contributed by atoms with van der Waals surface area (Å²) in [4.78, 5) is 0.841. The van der Waals surface area contributed by atoms with Crippen molar-refractivity contribution in [2.24, 2.45) is 0 Å². The van der Waals surface area contributed by atoms with E-state index in [2.05, 4.69) is 15.9 Å². The molecule has 1 unspecified atom stereocenters. The van der Waals surface area contributed by atoms with E-state index in [0.29, 0.717) is 19.2 Å². The lowest BCUT2D eigenvalue weighted by atomic mass is 10.1. The van der Waals surface area contributed by atoms with E-state index in [1.807, 2.05) is 0 Å². The third-order valence-corrected chi connectivity index (χ3v) is 6.17. The summed E-state index contributed by atoms with van der Waals surface area (Å²) in [6.45, 7) is 0. The van der Waals surface area contributed by atoms with Gasteiger partial charge in [0.15, 0.2) is 9.84 Å². The van der Waals surface area contributed by atoms with Gasteiger partial charge < -0.3 is 5.11 Å². The van der Waals surface area contributed by atoms with Gasteiger partial charge in [0.05, 0.1) is 4.90 Å². The molecular formula is C12H10BrClO3S2. The Morgan fingerprint density at radius 3 is 2.58 bits per heavy atom. The summed E-state index contributed by atoms with van der Waals surface area (Å²) < 4.78 is 24.3. The van der Waals surface area contributed by atoms with Gasteiger partial charge in [-0.1, -0.05) is 23.7 Å². The molecule has 0 aliphatic heterocycles. The molecule has 7 heteroatoms. The van der Waals surface area contributed by atoms with Gasteiger partial charge >= 0.3 is 0 Å². The van der Waals surface area contributed by atoms with Crippen LogP contribution in [0.25, 0.3) is 0 Å². The van der Waals surface area contributed by atoms with Crippen LogP contribution >= 0.6 is 38.9 Å². The van der Waals surface area contributed by atoms with Crippen LogP contribution in [-0.2, 0) is 9.84 Å². The van der Waals surface area contributed by atoms with Crippen molar-refractivity contribution in [1.82, 2.24) is 0 Å². The number of rotatable bonds is 3. The van der Waals surface area contributed by atoms with Crippen LogP contribution in [0.4, 0.5) is 0 Å². The van der Waals surface area contributed by atoms with Crippen LogP contribution in [0.3, 0.4) is 0 Å². The van der Waals surface area contributed by atoms with E-state index in [1.54, 1.807) is 18.2 Å². The van der Waals surface area contributed by atoms with Crippen molar-refractivity contribution in [1.29, 1.82) is 0 Å². The van der Waals surface area contributed by atoms with Gasteiger partial charge in [0.2, 0.25) is 0 Å². The fraction of sp³-hybridized carbons (Fsp3) is 0.167. The Kier molecular flexibility index (Phi) is 4.37. The van der Waals surface area contributed by atoms with Crippen molar-refractivity contribution in [2.75, 3.05) is 6.26 Å². The molecule has 1 aromatic heterocycles. The molecule has 1 heterocycles. The molecule has 2 rings (SSSR count). The molecule has 1 N–H and O–H groups in total. The Bertz CT molecular complexity index is 690. The zero-order chi connectivity index (χ0) is 14.2. The van der Waals surface area contributed by atoms with E-state index in [1.165, 1.54) is 23.5 Å². The average molecular weight is 382 g/mol. The zero-order valence-electron chi connectivity index (χ0n) is 9.80. The SMILES string of the molecule is CS(=O)(=O)c1cccc(C(O)c2cc(Br)c(Cl)s2)c1. The van der Waals surface area contributed by atoms with E-state index >= 15 is 0 Å². The predicted octanol–water partition coefficient (Wildman–Crippen LogP) is 3.65. The number of thiophene rings is 1. The first-order chi connectivity index (χ1) is 8.79. The second-order valence-corrected chi connectivity index (χ2v) is 8.57. The number of sulfone groups is 1. The maximum absolute atomic E-state index is 11.5. The highest BCUT2D eigenvalue weighted by atomic mass is 79.9. The second-order valence-electron chi connectivity index (χ2n) is 4.02. The maximum atomic E-state index is 11.5. The lowest BCUT2D eigenvalue weighted by Gasteiger charge is -2.10. The van der Waals surface area contributed by atoms with Crippen LogP contribution in [0.15, 0.2) is 39.7 Å². The van der Waals surface area contributed by atoms with Gasteiger partial charge in [0.25, 0.3) is 0 Å². The van der Waals surface area contributed by atoms with Gasteiger partial charge in [0, 0.05) is 15.6 Å². The Morgan fingerprint density at radius 1 is 1.37 bits per heavy atom. The lowest BCUT2D eigenvalue weighted by Crippen LogP contribution is -2.01. The van der Waals surface area contributed by atoms with Gasteiger partial charge in [-0.05, 0) is 39.7 Å². The summed E-state index contributed by atoms with van der Waals surface area (Å²) >= 11 is 10.5. The number of hydrogen-bond donors (Lipinski definition) is 1. The minimum Gasteiger partial charge on any atom is -0.383 e. The monoisotopic (exact) mass is 380 g/mol. The highest BCUT2D eigenvalue weighted by Gasteiger charge is 2.17. The molecule has 19 heavy (non-hydrogen) atoms. The molecule has 3 nitrogen and oxygen atoms in total. The summed E-state index contributed by atoms with van der Waals surface area (Å²) in [6.07, 6.45) is 0.243. The van der Waals surface area contributed by atoms with Gasteiger partial charge in [-0.15, -0.1) is 11.3 Å². The van der Waals surface area contributed by atoms with E-state index in [0.717, 1.165) is 6.26 Å². The molecule has 0 radical (unpaired) electrons. The Balaban J connectivity index is 2.42. The second kappa shape index (κ2) is 5.54. The van der Waals surface area contributed by atoms with Crippen molar-refractivity contribution < 1.29 is 13.5 Å². The van der Waals surface area contributed by atoms with Crippen molar-refractivity contribution in [3.8, 4) is 0 Å². The van der Waals surface area contributed by atoms with E-state index in [9.17, 15) is 13.5 Å². The van der Waals surface area contributed by atoms with Gasteiger partial charge in [0.1, 0.15) is 10.4 Å². The molecule has 1 atom stereocenters. The van der Waals surface area contributed by atoms with Crippen LogP contribution in [0, 0.1) is 0 Å². The van der Waals surface area contributed by atoms with Crippen molar-refractivity contribution >= 4 is 48.7 Å². The first-order valence-electron chi connectivity index (χ1n) is 5.22. The number of benzene rings is 1. The van der Waals surface area contributed by atoms with E-state index < -0.39 is 15.9 Å². The number of aliphatic hydroxyl groups is 1. The third kappa shape index (κ3) is 3.38. The molecule has 0 amide bonds. The summed E-state index contributed by atoms with van der Waals surface area (Å²) in [5.74, 6) is 0. The molecule has 2 aromatic rings. The Hall–Kier alpha value is -0.400. The van der Waals surface area contributed by atoms with Crippen LogP contribution in [0.2, 0.25) is 4.34 Å². The average Bonchev–Trinajstić information content (AvgIpc) is 2.68. The van der Waals surface area contributed by atoms with Crippen molar-refractivity contribution in [3.05, 3.63) is 49.6 Å². The third-order valence-electron chi connectivity index (χ3n) is 2.54. The maximum Gasteiger partial charge on any atom is 0.175 e. The fourth-order valence-corrected chi connectivity index (χ4v) is 4.00. The van der Waals surface area contributed by atoms with Gasteiger partial charge in [-0.3, -0.25) is 0 Å². The van der Waals surface area contributed by atoms with Gasteiger partial charge in [-0.25, -0.2) is 8.42 Å². The molecule has 0 aliphatic rings. The van der Waals surface area contributed by atoms with Crippen LogP contribution in [0.1, 0.15) is 16.5 Å². The smallest absolute Gasteiger partial charge is 0.175 e. The summed E-state index contributed by atoms with van der Waals surface area (Å²) in [7, 11) is -3.29. The minimum absolute atomic E-state index is 0.186. The summed E-state index contributed by atoms with van der Waals surface area (Å²) in [6, 6.07) is 8.00.